The van der Waals surface area contributed by atoms with Gasteiger partial charge in [-0.05, 0) is 25.8 Å². The van der Waals surface area contributed by atoms with E-state index >= 15 is 0 Å². The molecule has 0 aromatic carbocycles. The molecule has 0 fully saturated rings. The number of hydrogen-bond acceptors (Lipinski definition) is 3. The van der Waals surface area contributed by atoms with Crippen LogP contribution in [0.3, 0.4) is 0 Å². The maximum absolute atomic E-state index is 5.66. The summed E-state index contributed by atoms with van der Waals surface area (Å²) >= 11 is 0. The molecule has 0 spiro atoms. The highest BCUT2D eigenvalue weighted by atomic mass is 16.5. The van der Waals surface area contributed by atoms with Gasteiger partial charge in [-0.3, -0.25) is 0 Å². The van der Waals surface area contributed by atoms with Crippen LogP contribution < -0.4 is 4.74 Å². The maximum atomic E-state index is 5.66. The summed E-state index contributed by atoms with van der Waals surface area (Å²) in [6, 6.07) is 2.37. The fraction of sp³-hybridized carbons (Fsp3) is 0.636. The van der Waals surface area contributed by atoms with Gasteiger partial charge in [-0.25, -0.2) is 9.97 Å². The largest absolute Gasteiger partial charge is 0.460 e. The van der Waals surface area contributed by atoms with Crippen LogP contribution in [-0.4, -0.2) is 16.1 Å². The molecule has 0 radical (unpaired) electrons. The molecule has 0 saturated carbocycles. The zero-order valence-electron chi connectivity index (χ0n) is 9.16. The van der Waals surface area contributed by atoms with Crippen LogP contribution in [0.5, 0.6) is 6.01 Å². The molecule has 0 aliphatic rings. The predicted octanol–water partition coefficient (Wildman–Crippen LogP) is 2.74. The zero-order chi connectivity index (χ0) is 10.4. The summed E-state index contributed by atoms with van der Waals surface area (Å²) in [6.07, 6.45) is 5.18. The molecule has 1 unspecified atom stereocenters. The lowest BCUT2D eigenvalue weighted by molar-refractivity contribution is 0.169. The van der Waals surface area contributed by atoms with Crippen molar-refractivity contribution in [2.45, 2.75) is 46.1 Å². The lowest BCUT2D eigenvalue weighted by atomic mass is 10.2. The van der Waals surface area contributed by atoms with Gasteiger partial charge in [0, 0.05) is 11.9 Å². The van der Waals surface area contributed by atoms with E-state index in [1.807, 2.05) is 13.0 Å². The average molecular weight is 194 g/mol. The van der Waals surface area contributed by atoms with Gasteiger partial charge >= 0.3 is 6.01 Å². The van der Waals surface area contributed by atoms with E-state index in [1.165, 1.54) is 0 Å². The smallest absolute Gasteiger partial charge is 0.316 e. The molecule has 0 aliphatic heterocycles. The van der Waals surface area contributed by atoms with Crippen molar-refractivity contribution in [2.24, 2.45) is 0 Å². The summed E-state index contributed by atoms with van der Waals surface area (Å²) in [5.41, 5.74) is 0.946. The first-order valence-electron chi connectivity index (χ1n) is 5.22. The minimum absolute atomic E-state index is 0.252. The Labute approximate surface area is 85.5 Å². The summed E-state index contributed by atoms with van der Waals surface area (Å²) in [4.78, 5) is 8.29. The second kappa shape index (κ2) is 5.58. The van der Waals surface area contributed by atoms with E-state index in [-0.39, 0.29) is 6.10 Å². The Morgan fingerprint density at radius 1 is 1.43 bits per heavy atom. The van der Waals surface area contributed by atoms with Gasteiger partial charge in [0.05, 0.1) is 0 Å². The van der Waals surface area contributed by atoms with Crippen molar-refractivity contribution < 1.29 is 4.74 Å². The Morgan fingerprint density at radius 3 is 2.79 bits per heavy atom. The van der Waals surface area contributed by atoms with Gasteiger partial charge in [0.15, 0.2) is 0 Å². The Balaban J connectivity index is 2.57. The zero-order valence-corrected chi connectivity index (χ0v) is 9.16. The number of aromatic nitrogens is 2. The second-order valence-corrected chi connectivity index (χ2v) is 3.42. The van der Waals surface area contributed by atoms with Crippen molar-refractivity contribution in [3.63, 3.8) is 0 Å². The van der Waals surface area contributed by atoms with Crippen molar-refractivity contribution in [1.29, 1.82) is 0 Å². The first kappa shape index (κ1) is 11.0. The van der Waals surface area contributed by atoms with E-state index in [1.54, 1.807) is 6.20 Å². The lowest BCUT2D eigenvalue weighted by Gasteiger charge is -2.14. The third-order valence-corrected chi connectivity index (χ3v) is 2.11. The van der Waals surface area contributed by atoms with Crippen LogP contribution in [0.4, 0.5) is 0 Å². The van der Waals surface area contributed by atoms with Crippen LogP contribution in [0.2, 0.25) is 0 Å². The summed E-state index contributed by atoms with van der Waals surface area (Å²) in [5, 5.41) is 0. The summed E-state index contributed by atoms with van der Waals surface area (Å²) in [6.45, 7) is 6.22. The lowest BCUT2D eigenvalue weighted by Crippen LogP contribution is -2.16. The number of hydrogen-bond donors (Lipinski definition) is 0. The third-order valence-electron chi connectivity index (χ3n) is 2.11. The SMILES string of the molecule is CCCC(CC)Oc1nccc(C)n1. The molecule has 0 saturated heterocycles. The van der Waals surface area contributed by atoms with Gasteiger partial charge in [-0.2, -0.15) is 0 Å². The first-order valence-corrected chi connectivity index (χ1v) is 5.22. The second-order valence-electron chi connectivity index (χ2n) is 3.42. The Kier molecular flexibility index (Phi) is 4.36. The van der Waals surface area contributed by atoms with Crippen LogP contribution in [0.15, 0.2) is 12.3 Å². The van der Waals surface area contributed by atoms with Gasteiger partial charge < -0.3 is 4.74 Å². The molecular weight excluding hydrogens is 176 g/mol. The van der Waals surface area contributed by atoms with Gasteiger partial charge in [0.25, 0.3) is 0 Å². The van der Waals surface area contributed by atoms with E-state index in [2.05, 4.69) is 23.8 Å². The van der Waals surface area contributed by atoms with Crippen LogP contribution >= 0.6 is 0 Å². The molecule has 3 nitrogen and oxygen atoms in total. The van der Waals surface area contributed by atoms with Gasteiger partial charge in [0.1, 0.15) is 6.10 Å². The van der Waals surface area contributed by atoms with Crippen molar-refractivity contribution in [1.82, 2.24) is 9.97 Å². The predicted molar refractivity (Wildman–Crippen MR) is 56.4 cm³/mol. The molecule has 0 amide bonds. The summed E-state index contributed by atoms with van der Waals surface area (Å²) < 4.78 is 5.66. The highest BCUT2D eigenvalue weighted by molar-refractivity contribution is 5.03. The molecular formula is C11H18N2O. The minimum Gasteiger partial charge on any atom is -0.460 e. The molecule has 1 heterocycles. The molecule has 3 heteroatoms. The van der Waals surface area contributed by atoms with E-state index in [0.717, 1.165) is 25.0 Å². The summed E-state index contributed by atoms with van der Waals surface area (Å²) in [5.74, 6) is 0. The van der Waals surface area contributed by atoms with E-state index in [4.69, 9.17) is 4.74 Å². The molecule has 0 aliphatic carbocycles. The van der Waals surface area contributed by atoms with Crippen molar-refractivity contribution in [2.75, 3.05) is 0 Å². The Morgan fingerprint density at radius 2 is 2.21 bits per heavy atom. The normalized spacial score (nSPS) is 12.5. The van der Waals surface area contributed by atoms with Gasteiger partial charge in [0.2, 0.25) is 0 Å². The van der Waals surface area contributed by atoms with Crippen molar-refractivity contribution in [3.05, 3.63) is 18.0 Å². The number of rotatable bonds is 5. The molecule has 0 N–H and O–H groups in total. The number of ether oxygens (including phenoxy) is 1. The van der Waals surface area contributed by atoms with E-state index in [0.29, 0.717) is 6.01 Å². The number of nitrogens with zero attached hydrogens (tertiary/aromatic N) is 2. The minimum atomic E-state index is 0.252. The monoisotopic (exact) mass is 194 g/mol. The fourth-order valence-corrected chi connectivity index (χ4v) is 1.30. The Hall–Kier alpha value is -1.12. The van der Waals surface area contributed by atoms with Crippen LogP contribution in [-0.2, 0) is 0 Å². The highest BCUT2D eigenvalue weighted by Gasteiger charge is 2.08. The van der Waals surface area contributed by atoms with Crippen LogP contribution in [0, 0.1) is 6.92 Å². The van der Waals surface area contributed by atoms with Crippen molar-refractivity contribution in [3.8, 4) is 6.01 Å². The molecule has 1 atom stereocenters. The van der Waals surface area contributed by atoms with E-state index < -0.39 is 0 Å². The van der Waals surface area contributed by atoms with Crippen LogP contribution in [0.25, 0.3) is 0 Å². The maximum Gasteiger partial charge on any atom is 0.316 e. The average Bonchev–Trinajstić information content (AvgIpc) is 2.17. The fourth-order valence-electron chi connectivity index (χ4n) is 1.30. The van der Waals surface area contributed by atoms with Gasteiger partial charge in [-0.15, -0.1) is 0 Å². The first-order chi connectivity index (χ1) is 6.76. The standard InChI is InChI=1S/C11H18N2O/c1-4-6-10(5-2)14-11-12-8-7-9(3)13-11/h7-8,10H,4-6H2,1-3H3. The molecule has 0 bridgehead atoms. The molecule has 1 rings (SSSR count). The Bertz CT molecular complexity index is 276. The number of aryl methyl sites for hydroxylation is 1. The molecule has 1 aromatic heterocycles. The molecule has 14 heavy (non-hydrogen) atoms. The summed E-state index contributed by atoms with van der Waals surface area (Å²) in [7, 11) is 0. The van der Waals surface area contributed by atoms with Crippen LogP contribution in [0.1, 0.15) is 38.8 Å². The highest BCUT2D eigenvalue weighted by Crippen LogP contribution is 2.10. The van der Waals surface area contributed by atoms with Crippen molar-refractivity contribution >= 4 is 0 Å². The third kappa shape index (κ3) is 3.32. The molecule has 1 aromatic rings. The topological polar surface area (TPSA) is 35.0 Å². The molecule has 78 valence electrons. The quantitative estimate of drug-likeness (QED) is 0.723. The van der Waals surface area contributed by atoms with Gasteiger partial charge in [-0.1, -0.05) is 20.3 Å². The van der Waals surface area contributed by atoms with E-state index in [9.17, 15) is 0 Å².